The molecule has 258 valence electrons. The summed E-state index contributed by atoms with van der Waals surface area (Å²) < 4.78 is 7.56. The number of hydrogen-bond acceptors (Lipinski definition) is 1. The predicted molar refractivity (Wildman–Crippen MR) is 231 cm³/mol. The van der Waals surface area contributed by atoms with Gasteiger partial charge in [0.05, 0.1) is 22.1 Å². The van der Waals surface area contributed by atoms with Gasteiger partial charge in [0.1, 0.15) is 0 Å². The molecule has 0 radical (unpaired) electrons. The van der Waals surface area contributed by atoms with Gasteiger partial charge >= 0.3 is 0 Å². The minimum Gasteiger partial charge on any atom is -0.309 e. The summed E-state index contributed by atoms with van der Waals surface area (Å²) in [5.41, 5.74) is 12.6. The van der Waals surface area contributed by atoms with Crippen molar-refractivity contribution in [2.24, 2.45) is 0 Å². The lowest BCUT2D eigenvalue weighted by Gasteiger charge is -2.19. The number of rotatable bonds is 3. The molecule has 0 aliphatic rings. The van der Waals surface area contributed by atoms with Gasteiger partial charge in [0, 0.05) is 53.1 Å². The van der Waals surface area contributed by atoms with Gasteiger partial charge in [-0.3, -0.25) is 0 Å². The third-order valence-electron chi connectivity index (χ3n) is 11.3. The molecule has 0 fully saturated rings. The van der Waals surface area contributed by atoms with Crippen molar-refractivity contribution in [2.75, 3.05) is 0 Å². The normalized spacial score (nSPS) is 12.7. The van der Waals surface area contributed by atoms with Crippen LogP contribution in [0, 0.1) is 0 Å². The zero-order valence-electron chi connectivity index (χ0n) is 31.2. The molecule has 0 saturated carbocycles. The highest BCUT2D eigenvalue weighted by atomic mass is 32.1. The third-order valence-corrected chi connectivity index (χ3v) is 12.4. The number of fused-ring (bicyclic) bond motifs is 10. The molecule has 0 spiro atoms. The van der Waals surface area contributed by atoms with Crippen molar-refractivity contribution in [1.82, 2.24) is 9.13 Å². The topological polar surface area (TPSA) is 9.86 Å². The van der Waals surface area contributed by atoms with Crippen LogP contribution in [0.2, 0.25) is 0 Å². The van der Waals surface area contributed by atoms with E-state index in [0.717, 1.165) is 0 Å². The third kappa shape index (κ3) is 4.98. The first-order valence-electron chi connectivity index (χ1n) is 18.7. The Labute approximate surface area is 314 Å². The highest BCUT2D eigenvalue weighted by molar-refractivity contribution is 7.26. The molecule has 0 amide bonds. The fourth-order valence-electron chi connectivity index (χ4n) is 8.37. The molecule has 3 heterocycles. The van der Waals surface area contributed by atoms with E-state index in [1.165, 1.54) is 97.4 Å². The molecule has 7 aromatic carbocycles. The molecule has 0 atom stereocenters. The lowest BCUT2D eigenvalue weighted by Crippen LogP contribution is -2.10. The van der Waals surface area contributed by atoms with Gasteiger partial charge in [-0.1, -0.05) is 120 Å². The van der Waals surface area contributed by atoms with E-state index >= 15 is 0 Å². The molecule has 2 nitrogen and oxygen atoms in total. The molecule has 0 N–H and O–H groups in total. The van der Waals surface area contributed by atoms with Crippen LogP contribution < -0.4 is 0 Å². The Morgan fingerprint density at radius 1 is 0.396 bits per heavy atom. The van der Waals surface area contributed by atoms with Crippen molar-refractivity contribution in [1.29, 1.82) is 0 Å². The lowest BCUT2D eigenvalue weighted by atomic mass is 9.85. The van der Waals surface area contributed by atoms with E-state index in [0.29, 0.717) is 0 Å². The first kappa shape index (κ1) is 32.0. The Hall–Kier alpha value is -5.64. The van der Waals surface area contributed by atoms with Gasteiger partial charge in [0.25, 0.3) is 0 Å². The van der Waals surface area contributed by atoms with Crippen LogP contribution in [-0.2, 0) is 10.8 Å². The van der Waals surface area contributed by atoms with Crippen molar-refractivity contribution < 1.29 is 0 Å². The summed E-state index contributed by atoms with van der Waals surface area (Å²) >= 11 is 1.88. The van der Waals surface area contributed by atoms with Gasteiger partial charge in [-0.2, -0.15) is 0 Å². The molecule has 10 rings (SSSR count). The SMILES string of the molecule is CC(C)(C)c1ccc2c(c1)c1cc(C(C)(C)C)ccc1n2-c1ccc(-c2ccc(-n3c4ccccc4c4ccc5sc6ccccc6c5c43)cc2)cc1. The Kier molecular flexibility index (Phi) is 6.91. The van der Waals surface area contributed by atoms with Crippen LogP contribution in [0.5, 0.6) is 0 Å². The van der Waals surface area contributed by atoms with E-state index in [4.69, 9.17) is 0 Å². The Bertz CT molecular complexity index is 2970. The zero-order valence-corrected chi connectivity index (χ0v) is 32.0. The van der Waals surface area contributed by atoms with Gasteiger partial charge in [-0.15, -0.1) is 11.3 Å². The fraction of sp³-hybridized carbons (Fsp3) is 0.160. The lowest BCUT2D eigenvalue weighted by molar-refractivity contribution is 0.590. The number of hydrogen-bond donors (Lipinski definition) is 0. The van der Waals surface area contributed by atoms with E-state index in [1.807, 2.05) is 11.3 Å². The highest BCUT2D eigenvalue weighted by Gasteiger charge is 2.22. The first-order valence-corrected chi connectivity index (χ1v) is 19.5. The van der Waals surface area contributed by atoms with Crippen molar-refractivity contribution >= 4 is 75.1 Å². The second-order valence-electron chi connectivity index (χ2n) is 16.7. The summed E-state index contributed by atoms with van der Waals surface area (Å²) in [6.45, 7) is 13.8. The van der Waals surface area contributed by atoms with Gasteiger partial charge in [-0.25, -0.2) is 0 Å². The second-order valence-corrected chi connectivity index (χ2v) is 17.8. The maximum atomic E-state index is 2.47. The maximum absolute atomic E-state index is 2.47. The van der Waals surface area contributed by atoms with Crippen LogP contribution in [0.3, 0.4) is 0 Å². The summed E-state index contributed by atoms with van der Waals surface area (Å²) in [7, 11) is 0. The number of thiophene rings is 1. The first-order chi connectivity index (χ1) is 25.5. The summed E-state index contributed by atoms with van der Waals surface area (Å²) in [6.07, 6.45) is 0. The molecule has 10 aromatic rings. The summed E-state index contributed by atoms with van der Waals surface area (Å²) in [4.78, 5) is 0. The Balaban J connectivity index is 1.08. The molecular formula is C50H42N2S. The van der Waals surface area contributed by atoms with Crippen LogP contribution in [0.15, 0.2) is 146 Å². The predicted octanol–water partition coefficient (Wildman–Crippen LogP) is 14.5. The number of nitrogens with zero attached hydrogens (tertiary/aromatic N) is 2. The largest absolute Gasteiger partial charge is 0.309 e. The van der Waals surface area contributed by atoms with E-state index in [2.05, 4.69) is 196 Å². The van der Waals surface area contributed by atoms with Crippen LogP contribution in [-0.4, -0.2) is 9.13 Å². The van der Waals surface area contributed by atoms with Gasteiger partial charge in [-0.05, 0) is 99.8 Å². The molecule has 0 bridgehead atoms. The molecule has 3 aromatic heterocycles. The van der Waals surface area contributed by atoms with Gasteiger partial charge < -0.3 is 9.13 Å². The van der Waals surface area contributed by atoms with Crippen molar-refractivity contribution in [3.05, 3.63) is 157 Å². The van der Waals surface area contributed by atoms with E-state index in [-0.39, 0.29) is 10.8 Å². The molecule has 53 heavy (non-hydrogen) atoms. The maximum Gasteiger partial charge on any atom is 0.0634 e. The summed E-state index contributed by atoms with van der Waals surface area (Å²) in [6, 6.07) is 54.6. The zero-order chi connectivity index (χ0) is 36.2. The fourth-order valence-corrected chi connectivity index (χ4v) is 9.48. The van der Waals surface area contributed by atoms with Crippen LogP contribution in [0.4, 0.5) is 0 Å². The molecule has 0 saturated heterocycles. The highest BCUT2D eigenvalue weighted by Crippen LogP contribution is 2.43. The second kappa shape index (κ2) is 11.4. The van der Waals surface area contributed by atoms with Gasteiger partial charge in [0.2, 0.25) is 0 Å². The average Bonchev–Trinajstić information content (AvgIpc) is 3.81. The van der Waals surface area contributed by atoms with Gasteiger partial charge in [0.15, 0.2) is 0 Å². The molecule has 0 unspecified atom stereocenters. The van der Waals surface area contributed by atoms with E-state index in [1.54, 1.807) is 0 Å². The monoisotopic (exact) mass is 702 g/mol. The smallest absolute Gasteiger partial charge is 0.0634 e. The van der Waals surface area contributed by atoms with Crippen LogP contribution in [0.25, 0.3) is 86.3 Å². The molecular weight excluding hydrogens is 661 g/mol. The van der Waals surface area contributed by atoms with Crippen molar-refractivity contribution in [3.8, 4) is 22.5 Å². The van der Waals surface area contributed by atoms with E-state index < -0.39 is 0 Å². The molecule has 0 aliphatic heterocycles. The average molecular weight is 703 g/mol. The van der Waals surface area contributed by atoms with Crippen molar-refractivity contribution in [2.45, 2.75) is 52.4 Å². The minimum atomic E-state index is 0.0769. The number of benzene rings is 7. The van der Waals surface area contributed by atoms with Crippen molar-refractivity contribution in [3.63, 3.8) is 0 Å². The Morgan fingerprint density at radius 2 is 0.906 bits per heavy atom. The quantitative estimate of drug-likeness (QED) is 0.173. The summed E-state index contributed by atoms with van der Waals surface area (Å²) in [5.74, 6) is 0. The standard InChI is InChI=1S/C50H42N2S/c1-49(2,3)33-19-26-43-40(29-33)41-30-34(50(4,5)6)20-27-44(41)51(43)35-21-15-31(16-22-35)32-17-23-36(24-18-32)52-42-13-9-7-11-37(42)38-25-28-46-47(48(38)52)39-12-8-10-14-45(39)53-46/h7-30H,1-6H3. The minimum absolute atomic E-state index is 0.0769. The number of para-hydroxylation sites is 1. The van der Waals surface area contributed by atoms with Crippen LogP contribution >= 0.6 is 11.3 Å². The Morgan fingerprint density at radius 3 is 1.49 bits per heavy atom. The molecule has 3 heteroatoms. The van der Waals surface area contributed by atoms with E-state index in [9.17, 15) is 0 Å². The number of aromatic nitrogens is 2. The summed E-state index contributed by atoms with van der Waals surface area (Å²) in [5, 5.41) is 7.88. The molecule has 0 aliphatic carbocycles. The van der Waals surface area contributed by atoms with Crippen LogP contribution in [0.1, 0.15) is 52.7 Å².